The summed E-state index contributed by atoms with van der Waals surface area (Å²) in [6.07, 6.45) is 3.87. The molecule has 0 saturated heterocycles. The smallest absolute Gasteiger partial charge is 0.222 e. The molecular weight excluding hydrogens is 336 g/mol. The maximum absolute atomic E-state index is 5.97. The lowest BCUT2D eigenvalue weighted by molar-refractivity contribution is 1.09. The third-order valence-electron chi connectivity index (χ3n) is 4.71. The fourth-order valence-electron chi connectivity index (χ4n) is 3.41. The number of H-pyrrole nitrogens is 2. The van der Waals surface area contributed by atoms with Crippen molar-refractivity contribution in [1.82, 2.24) is 19.9 Å². The van der Waals surface area contributed by atoms with Crippen molar-refractivity contribution in [3.63, 3.8) is 0 Å². The third-order valence-corrected chi connectivity index (χ3v) is 4.71. The van der Waals surface area contributed by atoms with Crippen LogP contribution < -0.4 is 11.1 Å². The second-order valence-electron chi connectivity index (χ2n) is 6.49. The molecule has 0 spiro atoms. The average Bonchev–Trinajstić information content (AvgIpc) is 3.34. The van der Waals surface area contributed by atoms with Gasteiger partial charge in [0.15, 0.2) is 0 Å². The van der Waals surface area contributed by atoms with Gasteiger partial charge < -0.3 is 21.0 Å². The second-order valence-corrected chi connectivity index (χ2v) is 6.49. The van der Waals surface area contributed by atoms with Crippen LogP contribution in [0.2, 0.25) is 0 Å². The molecule has 0 aliphatic carbocycles. The Hall–Kier alpha value is -3.80. The molecule has 0 radical (unpaired) electrons. The highest BCUT2D eigenvalue weighted by molar-refractivity contribution is 5.94. The van der Waals surface area contributed by atoms with Crippen molar-refractivity contribution in [3.8, 4) is 11.3 Å². The summed E-state index contributed by atoms with van der Waals surface area (Å²) in [5, 5.41) is 5.66. The lowest BCUT2D eigenvalue weighted by Crippen LogP contribution is -2.05. The summed E-state index contributed by atoms with van der Waals surface area (Å²) < 4.78 is 0. The van der Waals surface area contributed by atoms with Crippen LogP contribution in [0.25, 0.3) is 33.1 Å². The van der Waals surface area contributed by atoms with Gasteiger partial charge in [0.1, 0.15) is 5.82 Å². The Kier molecular flexibility index (Phi) is 3.53. The Labute approximate surface area is 155 Å². The Morgan fingerprint density at radius 3 is 2.74 bits per heavy atom. The van der Waals surface area contributed by atoms with Gasteiger partial charge in [-0.2, -0.15) is 4.98 Å². The number of aromatic amines is 2. The van der Waals surface area contributed by atoms with E-state index in [2.05, 4.69) is 49.5 Å². The van der Waals surface area contributed by atoms with Gasteiger partial charge in [-0.1, -0.05) is 18.2 Å². The van der Waals surface area contributed by atoms with Crippen LogP contribution in [-0.4, -0.2) is 19.9 Å². The van der Waals surface area contributed by atoms with Gasteiger partial charge in [-0.05, 0) is 41.3 Å². The number of aromatic nitrogens is 4. The zero-order valence-electron chi connectivity index (χ0n) is 14.5. The standard InChI is InChI=1S/C21H18N6/c22-21-26-19(15-2-1-3-18-16(15)7-9-24-18)11-20(27-21)25-12-13-4-5-17-14(10-13)6-8-23-17/h1-11,23-24H,12H2,(H3,22,25,26,27). The number of hydrogen-bond acceptors (Lipinski definition) is 4. The minimum atomic E-state index is 0.253. The molecule has 0 aliphatic rings. The fourth-order valence-corrected chi connectivity index (χ4v) is 3.41. The lowest BCUT2D eigenvalue weighted by Gasteiger charge is -2.10. The van der Waals surface area contributed by atoms with E-state index in [1.807, 2.05) is 42.7 Å². The van der Waals surface area contributed by atoms with Crippen LogP contribution in [0.5, 0.6) is 0 Å². The summed E-state index contributed by atoms with van der Waals surface area (Å²) in [5.41, 5.74) is 11.2. The fraction of sp³-hybridized carbons (Fsp3) is 0.0476. The maximum Gasteiger partial charge on any atom is 0.222 e. The Balaban J connectivity index is 1.45. The summed E-state index contributed by atoms with van der Waals surface area (Å²) >= 11 is 0. The molecule has 0 saturated carbocycles. The molecule has 3 heterocycles. The van der Waals surface area contributed by atoms with Crippen LogP contribution in [0.1, 0.15) is 5.56 Å². The molecule has 0 fully saturated rings. The van der Waals surface area contributed by atoms with E-state index < -0.39 is 0 Å². The molecule has 6 nitrogen and oxygen atoms in total. The van der Waals surface area contributed by atoms with Crippen molar-refractivity contribution in [2.45, 2.75) is 6.54 Å². The monoisotopic (exact) mass is 354 g/mol. The number of rotatable bonds is 4. The van der Waals surface area contributed by atoms with Crippen molar-refractivity contribution in [3.05, 3.63) is 72.6 Å². The molecule has 5 N–H and O–H groups in total. The SMILES string of the molecule is Nc1nc(NCc2ccc3[nH]ccc3c2)cc(-c2cccc3[nH]ccc23)n1. The summed E-state index contributed by atoms with van der Waals surface area (Å²) in [7, 11) is 0. The Morgan fingerprint density at radius 1 is 0.889 bits per heavy atom. The summed E-state index contributed by atoms with van der Waals surface area (Å²) in [5.74, 6) is 0.961. The van der Waals surface area contributed by atoms with Crippen LogP contribution >= 0.6 is 0 Å². The molecule has 5 aromatic rings. The van der Waals surface area contributed by atoms with E-state index in [0.29, 0.717) is 12.4 Å². The highest BCUT2D eigenvalue weighted by Gasteiger charge is 2.09. The number of nitrogen functional groups attached to an aromatic ring is 1. The first-order valence-electron chi connectivity index (χ1n) is 8.77. The van der Waals surface area contributed by atoms with E-state index in [1.54, 1.807) is 0 Å². The molecule has 6 heteroatoms. The van der Waals surface area contributed by atoms with Gasteiger partial charge in [-0.3, -0.25) is 0 Å². The van der Waals surface area contributed by atoms with Crippen molar-refractivity contribution >= 4 is 33.6 Å². The molecule has 5 rings (SSSR count). The normalized spacial score (nSPS) is 11.3. The molecule has 0 unspecified atom stereocenters. The van der Waals surface area contributed by atoms with E-state index in [0.717, 1.165) is 27.7 Å². The minimum Gasteiger partial charge on any atom is -0.368 e. The van der Waals surface area contributed by atoms with Gasteiger partial charge in [0.05, 0.1) is 5.69 Å². The lowest BCUT2D eigenvalue weighted by atomic mass is 10.1. The molecule has 3 aromatic heterocycles. The molecule has 0 bridgehead atoms. The van der Waals surface area contributed by atoms with E-state index in [9.17, 15) is 0 Å². The van der Waals surface area contributed by atoms with Crippen molar-refractivity contribution in [1.29, 1.82) is 0 Å². The number of hydrogen-bond donors (Lipinski definition) is 4. The number of nitrogens with zero attached hydrogens (tertiary/aromatic N) is 2. The summed E-state index contributed by atoms with van der Waals surface area (Å²) in [6, 6.07) is 18.5. The molecule has 0 amide bonds. The van der Waals surface area contributed by atoms with Crippen LogP contribution in [0.4, 0.5) is 11.8 Å². The molecule has 0 aliphatic heterocycles. The summed E-state index contributed by atoms with van der Waals surface area (Å²) in [4.78, 5) is 15.2. The molecule has 27 heavy (non-hydrogen) atoms. The van der Waals surface area contributed by atoms with Crippen molar-refractivity contribution < 1.29 is 0 Å². The number of anilines is 2. The first kappa shape index (κ1) is 15.5. The topological polar surface area (TPSA) is 95.4 Å². The number of benzene rings is 2. The van der Waals surface area contributed by atoms with Gasteiger partial charge in [-0.15, -0.1) is 0 Å². The van der Waals surface area contributed by atoms with Crippen LogP contribution in [-0.2, 0) is 6.54 Å². The van der Waals surface area contributed by atoms with E-state index >= 15 is 0 Å². The molecular formula is C21H18N6. The van der Waals surface area contributed by atoms with Gasteiger partial charge in [-0.25, -0.2) is 4.98 Å². The maximum atomic E-state index is 5.97. The predicted molar refractivity (Wildman–Crippen MR) is 109 cm³/mol. The first-order valence-corrected chi connectivity index (χ1v) is 8.77. The Bertz CT molecular complexity index is 1250. The van der Waals surface area contributed by atoms with Gasteiger partial charge in [0.25, 0.3) is 0 Å². The van der Waals surface area contributed by atoms with E-state index in [4.69, 9.17) is 5.73 Å². The number of nitrogens with two attached hydrogens (primary N) is 1. The van der Waals surface area contributed by atoms with Crippen LogP contribution in [0, 0.1) is 0 Å². The van der Waals surface area contributed by atoms with E-state index in [-0.39, 0.29) is 5.95 Å². The van der Waals surface area contributed by atoms with Gasteiger partial charge in [0.2, 0.25) is 5.95 Å². The predicted octanol–water partition coefficient (Wildman–Crippen LogP) is 4.30. The molecule has 2 aromatic carbocycles. The second kappa shape index (κ2) is 6.17. The first-order chi connectivity index (χ1) is 13.3. The third kappa shape index (κ3) is 2.87. The van der Waals surface area contributed by atoms with Crippen LogP contribution in [0.15, 0.2) is 67.0 Å². The van der Waals surface area contributed by atoms with Gasteiger partial charge in [0, 0.05) is 47.0 Å². The number of fused-ring (bicyclic) bond motifs is 2. The highest BCUT2D eigenvalue weighted by atomic mass is 15.1. The van der Waals surface area contributed by atoms with E-state index in [1.165, 1.54) is 10.9 Å². The van der Waals surface area contributed by atoms with Crippen molar-refractivity contribution in [2.24, 2.45) is 0 Å². The largest absolute Gasteiger partial charge is 0.368 e. The number of nitrogens with one attached hydrogen (secondary N) is 3. The van der Waals surface area contributed by atoms with Crippen LogP contribution in [0.3, 0.4) is 0 Å². The van der Waals surface area contributed by atoms with Gasteiger partial charge >= 0.3 is 0 Å². The minimum absolute atomic E-state index is 0.253. The van der Waals surface area contributed by atoms with Crippen molar-refractivity contribution in [2.75, 3.05) is 11.1 Å². The zero-order chi connectivity index (χ0) is 18.2. The molecule has 132 valence electrons. The zero-order valence-corrected chi connectivity index (χ0v) is 14.5. The average molecular weight is 354 g/mol. The molecule has 0 atom stereocenters. The summed E-state index contributed by atoms with van der Waals surface area (Å²) in [6.45, 7) is 0.658. The highest BCUT2D eigenvalue weighted by Crippen LogP contribution is 2.28. The Morgan fingerprint density at radius 2 is 1.78 bits per heavy atom. The quantitative estimate of drug-likeness (QED) is 0.387.